The molecule has 0 spiro atoms. The highest BCUT2D eigenvalue weighted by Gasteiger charge is 2.33. The van der Waals surface area contributed by atoms with Crippen LogP contribution in [0, 0.1) is 5.92 Å². The zero-order valence-corrected chi connectivity index (χ0v) is 16.0. The number of hydrogen-bond donors (Lipinski definition) is 2. The van der Waals surface area contributed by atoms with Crippen LogP contribution in [-0.4, -0.2) is 39.5 Å². The Morgan fingerprint density at radius 2 is 2.10 bits per heavy atom. The number of rotatable bonds is 5. The molecule has 0 saturated heterocycles. The molecule has 1 fully saturated rings. The molecular weight excluding hydrogens is 401 g/mol. The number of pyridine rings is 1. The molecule has 2 heterocycles. The predicted octanol–water partition coefficient (Wildman–Crippen LogP) is 3.65. The van der Waals surface area contributed by atoms with Crippen molar-refractivity contribution in [3.8, 4) is 5.75 Å². The van der Waals surface area contributed by atoms with Gasteiger partial charge in [0.1, 0.15) is 17.1 Å². The van der Waals surface area contributed by atoms with Crippen LogP contribution >= 0.6 is 0 Å². The van der Waals surface area contributed by atoms with Gasteiger partial charge >= 0.3 is 6.18 Å². The van der Waals surface area contributed by atoms with E-state index in [2.05, 4.69) is 15.4 Å². The SMILES string of the molecule is COc1cc2nn(C3CC(CO)C3)cc2cc1NC(=O)c1cccc(C(F)(F)F)n1. The molecule has 1 saturated carbocycles. The quantitative estimate of drug-likeness (QED) is 0.658. The van der Waals surface area contributed by atoms with Crippen molar-refractivity contribution in [3.63, 3.8) is 0 Å². The second kappa shape index (κ2) is 7.60. The minimum Gasteiger partial charge on any atom is -0.494 e. The standard InChI is InChI=1S/C20H19F3N4O3/c1-30-17-8-15-12(9-27(26-15)13-5-11(6-13)10-28)7-16(17)25-19(29)14-3-2-4-18(24-14)20(21,22)23/h2-4,7-9,11,13,28H,5-6,10H2,1H3,(H,25,29). The first-order chi connectivity index (χ1) is 14.3. The lowest BCUT2D eigenvalue weighted by Gasteiger charge is -2.33. The molecule has 1 aliphatic carbocycles. The van der Waals surface area contributed by atoms with Gasteiger partial charge in [0.2, 0.25) is 0 Å². The number of nitrogens with one attached hydrogen (secondary N) is 1. The summed E-state index contributed by atoms with van der Waals surface area (Å²) in [5, 5.41) is 17.0. The zero-order valence-electron chi connectivity index (χ0n) is 16.0. The summed E-state index contributed by atoms with van der Waals surface area (Å²) < 4.78 is 45.7. The predicted molar refractivity (Wildman–Crippen MR) is 102 cm³/mol. The van der Waals surface area contributed by atoms with Gasteiger partial charge in [-0.3, -0.25) is 9.48 Å². The van der Waals surface area contributed by atoms with Crippen LogP contribution in [0.1, 0.15) is 35.1 Å². The maximum absolute atomic E-state index is 12.9. The lowest BCUT2D eigenvalue weighted by atomic mass is 9.81. The molecule has 10 heteroatoms. The van der Waals surface area contributed by atoms with E-state index in [9.17, 15) is 23.1 Å². The third-order valence-corrected chi connectivity index (χ3v) is 5.21. The Morgan fingerprint density at radius 3 is 2.77 bits per heavy atom. The molecule has 1 aliphatic rings. The van der Waals surface area contributed by atoms with Crippen molar-refractivity contribution in [1.29, 1.82) is 0 Å². The number of ether oxygens (including phenoxy) is 1. The topological polar surface area (TPSA) is 89.3 Å². The van der Waals surface area contributed by atoms with Gasteiger partial charge in [-0.05, 0) is 37.0 Å². The molecule has 1 aromatic carbocycles. The third-order valence-electron chi connectivity index (χ3n) is 5.21. The Hall–Kier alpha value is -3.14. The maximum atomic E-state index is 12.9. The summed E-state index contributed by atoms with van der Waals surface area (Å²) in [6.45, 7) is 0.158. The Morgan fingerprint density at radius 1 is 1.33 bits per heavy atom. The second-order valence-electron chi connectivity index (χ2n) is 7.25. The number of amides is 1. The average molecular weight is 420 g/mol. The van der Waals surface area contributed by atoms with Crippen LogP contribution in [0.2, 0.25) is 0 Å². The first-order valence-electron chi connectivity index (χ1n) is 9.32. The lowest BCUT2D eigenvalue weighted by Crippen LogP contribution is -2.29. The Balaban J connectivity index is 1.59. The summed E-state index contributed by atoms with van der Waals surface area (Å²) in [6.07, 6.45) is -1.12. The molecule has 0 atom stereocenters. The number of aliphatic hydroxyl groups is 1. The highest BCUT2D eigenvalue weighted by molar-refractivity contribution is 6.05. The van der Waals surface area contributed by atoms with Crippen molar-refractivity contribution in [1.82, 2.24) is 14.8 Å². The first-order valence-corrected chi connectivity index (χ1v) is 9.32. The van der Waals surface area contributed by atoms with Crippen molar-refractivity contribution in [2.45, 2.75) is 25.1 Å². The van der Waals surface area contributed by atoms with Gasteiger partial charge in [0.05, 0.1) is 24.4 Å². The lowest BCUT2D eigenvalue weighted by molar-refractivity contribution is -0.141. The van der Waals surface area contributed by atoms with Gasteiger partial charge in [-0.15, -0.1) is 0 Å². The van der Waals surface area contributed by atoms with E-state index in [-0.39, 0.29) is 24.3 Å². The van der Waals surface area contributed by atoms with Gasteiger partial charge in [0, 0.05) is 24.3 Å². The highest BCUT2D eigenvalue weighted by atomic mass is 19.4. The molecule has 7 nitrogen and oxygen atoms in total. The number of anilines is 1. The number of aromatic nitrogens is 3. The van der Waals surface area contributed by atoms with Crippen molar-refractivity contribution < 1.29 is 27.8 Å². The fraction of sp³-hybridized carbons (Fsp3) is 0.350. The minimum absolute atomic E-state index is 0.158. The van der Waals surface area contributed by atoms with Crippen molar-refractivity contribution >= 4 is 22.5 Å². The molecule has 0 aliphatic heterocycles. The molecule has 0 radical (unpaired) electrons. The molecule has 0 bridgehead atoms. The molecule has 1 amide bonds. The van der Waals surface area contributed by atoms with Crippen LogP contribution in [0.3, 0.4) is 0 Å². The average Bonchev–Trinajstić information content (AvgIpc) is 3.08. The highest BCUT2D eigenvalue weighted by Crippen LogP contribution is 2.38. The molecule has 158 valence electrons. The van der Waals surface area contributed by atoms with Crippen LogP contribution in [0.25, 0.3) is 10.9 Å². The molecule has 3 aromatic rings. The number of alkyl halides is 3. The van der Waals surface area contributed by atoms with E-state index in [4.69, 9.17) is 4.74 Å². The maximum Gasteiger partial charge on any atom is 0.433 e. The monoisotopic (exact) mass is 420 g/mol. The Kier molecular flexibility index (Phi) is 5.10. The van der Waals surface area contributed by atoms with Crippen LogP contribution in [-0.2, 0) is 6.18 Å². The normalized spacial score (nSPS) is 18.8. The van der Waals surface area contributed by atoms with Gasteiger partial charge < -0.3 is 15.2 Å². The number of benzene rings is 1. The minimum atomic E-state index is -4.64. The molecule has 2 aromatic heterocycles. The Labute approximate surface area is 169 Å². The molecule has 4 rings (SSSR count). The fourth-order valence-corrected chi connectivity index (χ4v) is 3.50. The van der Waals surface area contributed by atoms with Crippen LogP contribution < -0.4 is 10.1 Å². The number of halogens is 3. The van der Waals surface area contributed by atoms with Crippen LogP contribution in [0.4, 0.5) is 18.9 Å². The van der Waals surface area contributed by atoms with E-state index >= 15 is 0 Å². The van der Waals surface area contributed by atoms with Crippen LogP contribution in [0.15, 0.2) is 36.5 Å². The second-order valence-corrected chi connectivity index (χ2v) is 7.25. The van der Waals surface area contributed by atoms with Gasteiger partial charge in [-0.25, -0.2) is 4.98 Å². The summed E-state index contributed by atoms with van der Waals surface area (Å²) in [7, 11) is 1.42. The number of methoxy groups -OCH3 is 1. The first kappa shape index (κ1) is 20.1. The van der Waals surface area contributed by atoms with Crippen molar-refractivity contribution in [2.75, 3.05) is 19.0 Å². The smallest absolute Gasteiger partial charge is 0.433 e. The third kappa shape index (κ3) is 3.82. The van der Waals surface area contributed by atoms with Gasteiger partial charge in [0.25, 0.3) is 5.91 Å². The fourth-order valence-electron chi connectivity index (χ4n) is 3.50. The molecule has 0 unspecified atom stereocenters. The number of fused-ring (bicyclic) bond motifs is 1. The molecule has 2 N–H and O–H groups in total. The number of carbonyl (C=O) groups is 1. The Bertz CT molecular complexity index is 1090. The summed E-state index contributed by atoms with van der Waals surface area (Å²) in [4.78, 5) is 15.9. The van der Waals surface area contributed by atoms with E-state index in [1.54, 1.807) is 12.1 Å². The summed E-state index contributed by atoms with van der Waals surface area (Å²) in [6, 6.07) is 6.66. The summed E-state index contributed by atoms with van der Waals surface area (Å²) >= 11 is 0. The van der Waals surface area contributed by atoms with Gasteiger partial charge in [-0.1, -0.05) is 6.07 Å². The number of nitrogens with zero attached hydrogens (tertiary/aromatic N) is 3. The van der Waals surface area contributed by atoms with Crippen molar-refractivity contribution in [2.24, 2.45) is 5.92 Å². The van der Waals surface area contributed by atoms with Crippen molar-refractivity contribution in [3.05, 3.63) is 47.9 Å². The number of carbonyl (C=O) groups excluding carboxylic acids is 1. The summed E-state index contributed by atoms with van der Waals surface area (Å²) in [5.41, 5.74) is -0.530. The number of hydrogen-bond acceptors (Lipinski definition) is 5. The van der Waals surface area contributed by atoms with E-state index in [0.29, 0.717) is 17.0 Å². The van der Waals surface area contributed by atoms with Gasteiger partial charge in [-0.2, -0.15) is 18.3 Å². The van der Waals surface area contributed by atoms with E-state index in [0.717, 1.165) is 30.4 Å². The van der Waals surface area contributed by atoms with Gasteiger partial charge in [0.15, 0.2) is 0 Å². The largest absolute Gasteiger partial charge is 0.494 e. The molecular formula is C20H19F3N4O3. The summed E-state index contributed by atoms with van der Waals surface area (Å²) in [5.74, 6) is -0.169. The zero-order chi connectivity index (χ0) is 21.5. The molecule has 30 heavy (non-hydrogen) atoms. The van der Waals surface area contributed by atoms with E-state index in [1.165, 1.54) is 13.2 Å². The number of aliphatic hydroxyl groups excluding tert-OH is 1. The van der Waals surface area contributed by atoms with Crippen LogP contribution in [0.5, 0.6) is 5.75 Å². The van der Waals surface area contributed by atoms with E-state index < -0.39 is 17.8 Å². The van der Waals surface area contributed by atoms with E-state index in [1.807, 2.05) is 10.9 Å².